The largest absolute Gasteiger partial charge is 0.322 e. The Morgan fingerprint density at radius 1 is 1.16 bits per heavy atom. The summed E-state index contributed by atoms with van der Waals surface area (Å²) in [7, 11) is -3.83. The first-order chi connectivity index (χ1) is 15.2. The molecule has 0 unspecified atom stereocenters. The lowest BCUT2D eigenvalue weighted by molar-refractivity contribution is -0.384. The predicted octanol–water partition coefficient (Wildman–Crippen LogP) is 4.15. The molecule has 2 N–H and O–H groups in total. The summed E-state index contributed by atoms with van der Waals surface area (Å²) in [5.41, 5.74) is 0.436. The van der Waals surface area contributed by atoms with Gasteiger partial charge in [0, 0.05) is 30.8 Å². The van der Waals surface area contributed by atoms with Crippen LogP contribution in [0.25, 0.3) is 6.08 Å². The maximum absolute atomic E-state index is 12.7. The zero-order valence-corrected chi connectivity index (χ0v) is 18.5. The monoisotopic (exact) mass is 476 g/mol. The molecule has 32 heavy (non-hydrogen) atoms. The van der Waals surface area contributed by atoms with Gasteiger partial charge in [-0.3, -0.25) is 24.6 Å². The minimum atomic E-state index is -3.83. The van der Waals surface area contributed by atoms with Gasteiger partial charge in [0.2, 0.25) is 5.91 Å². The first-order valence-electron chi connectivity index (χ1n) is 9.84. The molecular formula is C21H21ClN4O5S. The average molecular weight is 477 g/mol. The number of carbonyl (C=O) groups is 1. The highest BCUT2D eigenvalue weighted by molar-refractivity contribution is 7.90. The van der Waals surface area contributed by atoms with Crippen LogP contribution in [0.5, 0.6) is 0 Å². The number of aliphatic imine (C=N–C) groups is 1. The molecule has 0 aromatic heterocycles. The summed E-state index contributed by atoms with van der Waals surface area (Å²) < 4.78 is 27.9. The molecule has 0 atom stereocenters. The van der Waals surface area contributed by atoms with Crippen molar-refractivity contribution in [3.05, 3.63) is 69.2 Å². The number of hydrogen-bond acceptors (Lipinski definition) is 6. The number of nitro benzene ring substituents is 1. The van der Waals surface area contributed by atoms with Crippen LogP contribution in [0, 0.1) is 10.1 Å². The van der Waals surface area contributed by atoms with Crippen LogP contribution in [-0.4, -0.2) is 31.6 Å². The van der Waals surface area contributed by atoms with E-state index in [1.165, 1.54) is 48.6 Å². The van der Waals surface area contributed by atoms with Crippen molar-refractivity contribution < 1.29 is 18.1 Å². The molecule has 3 rings (SSSR count). The third-order valence-electron chi connectivity index (χ3n) is 4.63. The highest BCUT2D eigenvalue weighted by Gasteiger charge is 2.18. The number of rotatable bonds is 6. The number of nitrogens with zero attached hydrogens (tertiary/aromatic N) is 2. The highest BCUT2D eigenvalue weighted by atomic mass is 35.5. The SMILES string of the molecule is O=C(/C=C/c1ccc(Cl)c([N+](=O)[O-])c1)Nc1cccc(S(=O)(=O)NC2=NCCCCC2)c1. The number of benzene rings is 2. The van der Waals surface area contributed by atoms with Crippen LogP contribution in [0.4, 0.5) is 11.4 Å². The lowest BCUT2D eigenvalue weighted by Crippen LogP contribution is -2.30. The van der Waals surface area contributed by atoms with Gasteiger partial charge in [0.15, 0.2) is 0 Å². The molecule has 1 amide bonds. The summed E-state index contributed by atoms with van der Waals surface area (Å²) in [4.78, 5) is 26.9. The first kappa shape index (κ1) is 23.4. The van der Waals surface area contributed by atoms with E-state index in [-0.39, 0.29) is 21.3 Å². The van der Waals surface area contributed by atoms with E-state index in [0.717, 1.165) is 19.3 Å². The number of sulfonamides is 1. The molecule has 9 nitrogen and oxygen atoms in total. The van der Waals surface area contributed by atoms with Gasteiger partial charge in [-0.25, -0.2) is 8.42 Å². The molecule has 0 bridgehead atoms. The normalized spacial score (nSPS) is 14.5. The lowest BCUT2D eigenvalue weighted by Gasteiger charge is -2.11. The quantitative estimate of drug-likeness (QED) is 0.367. The van der Waals surface area contributed by atoms with E-state index >= 15 is 0 Å². The van der Waals surface area contributed by atoms with E-state index in [4.69, 9.17) is 11.6 Å². The summed E-state index contributed by atoms with van der Waals surface area (Å²) in [6, 6.07) is 10.0. The van der Waals surface area contributed by atoms with Gasteiger partial charge < -0.3 is 5.32 Å². The Labute approximate surface area is 190 Å². The van der Waals surface area contributed by atoms with E-state index in [9.17, 15) is 23.3 Å². The van der Waals surface area contributed by atoms with Gasteiger partial charge >= 0.3 is 0 Å². The Morgan fingerprint density at radius 3 is 2.75 bits per heavy atom. The molecule has 11 heteroatoms. The number of nitrogens with one attached hydrogen (secondary N) is 2. The molecule has 0 aliphatic carbocycles. The van der Waals surface area contributed by atoms with Gasteiger partial charge in [-0.1, -0.05) is 30.2 Å². The number of amidine groups is 1. The lowest BCUT2D eigenvalue weighted by atomic mass is 10.2. The summed E-state index contributed by atoms with van der Waals surface area (Å²) in [6.07, 6.45) is 5.97. The van der Waals surface area contributed by atoms with E-state index in [1.54, 1.807) is 6.07 Å². The molecule has 1 aliphatic heterocycles. The number of carbonyl (C=O) groups excluding carboxylic acids is 1. The fourth-order valence-corrected chi connectivity index (χ4v) is 4.36. The van der Waals surface area contributed by atoms with E-state index in [0.29, 0.717) is 24.4 Å². The third kappa shape index (κ3) is 6.38. The minimum Gasteiger partial charge on any atom is -0.322 e. The maximum atomic E-state index is 12.7. The number of halogens is 1. The predicted molar refractivity (Wildman–Crippen MR) is 123 cm³/mol. The number of hydrogen-bond donors (Lipinski definition) is 2. The van der Waals surface area contributed by atoms with Gasteiger partial charge in [-0.15, -0.1) is 0 Å². The van der Waals surface area contributed by atoms with Crippen LogP contribution < -0.4 is 10.0 Å². The van der Waals surface area contributed by atoms with Crippen molar-refractivity contribution in [2.45, 2.75) is 30.6 Å². The molecule has 1 aliphatic rings. The van der Waals surface area contributed by atoms with E-state index < -0.39 is 20.9 Å². The van der Waals surface area contributed by atoms with Gasteiger partial charge in [-0.2, -0.15) is 0 Å². The van der Waals surface area contributed by atoms with Crippen molar-refractivity contribution in [2.75, 3.05) is 11.9 Å². The van der Waals surface area contributed by atoms with Crippen LogP contribution >= 0.6 is 11.6 Å². The molecule has 0 fully saturated rings. The smallest absolute Gasteiger partial charge is 0.288 e. The number of anilines is 1. The van der Waals surface area contributed by atoms with Crippen LogP contribution in [0.3, 0.4) is 0 Å². The zero-order chi connectivity index (χ0) is 23.1. The Kier molecular flexibility index (Phi) is 7.60. The number of nitro groups is 1. The Hall–Kier alpha value is -3.24. The fourth-order valence-electron chi connectivity index (χ4n) is 3.04. The summed E-state index contributed by atoms with van der Waals surface area (Å²) in [5, 5.41) is 13.5. The second-order valence-electron chi connectivity index (χ2n) is 7.06. The molecule has 2 aromatic carbocycles. The average Bonchev–Trinajstić information content (AvgIpc) is 3.01. The topological polar surface area (TPSA) is 131 Å². The Bertz CT molecular complexity index is 1190. The van der Waals surface area contributed by atoms with Crippen molar-refractivity contribution in [3.63, 3.8) is 0 Å². The van der Waals surface area contributed by atoms with Gasteiger partial charge in [0.05, 0.1) is 9.82 Å². The molecule has 168 valence electrons. The Morgan fingerprint density at radius 2 is 1.97 bits per heavy atom. The first-order valence-corrected chi connectivity index (χ1v) is 11.7. The molecule has 0 spiro atoms. The minimum absolute atomic E-state index is 0.000414. The van der Waals surface area contributed by atoms with Crippen LogP contribution in [0.1, 0.15) is 31.2 Å². The molecule has 1 heterocycles. The van der Waals surface area contributed by atoms with Crippen molar-refractivity contribution in [1.29, 1.82) is 0 Å². The molecule has 0 saturated carbocycles. The van der Waals surface area contributed by atoms with Crippen LogP contribution in [-0.2, 0) is 14.8 Å². The second kappa shape index (κ2) is 10.4. The van der Waals surface area contributed by atoms with Crippen molar-refractivity contribution in [2.24, 2.45) is 4.99 Å². The highest BCUT2D eigenvalue weighted by Crippen LogP contribution is 2.25. The molecule has 2 aromatic rings. The standard InChI is InChI=1S/C21H21ClN4O5S/c22-18-10-8-15(13-19(18)26(28)29)9-11-21(27)24-16-5-4-6-17(14-16)32(30,31)25-20-7-2-1-3-12-23-20/h4-6,8-11,13-14H,1-3,7,12H2,(H,23,25)(H,24,27)/b11-9+. The third-order valence-corrected chi connectivity index (χ3v) is 6.33. The Balaban J connectivity index is 1.69. The second-order valence-corrected chi connectivity index (χ2v) is 9.15. The summed E-state index contributed by atoms with van der Waals surface area (Å²) >= 11 is 5.78. The van der Waals surface area contributed by atoms with Crippen molar-refractivity contribution in [3.8, 4) is 0 Å². The van der Waals surface area contributed by atoms with Crippen LogP contribution in [0.2, 0.25) is 5.02 Å². The van der Waals surface area contributed by atoms with E-state index in [1.807, 2.05) is 0 Å². The maximum Gasteiger partial charge on any atom is 0.288 e. The van der Waals surface area contributed by atoms with E-state index in [2.05, 4.69) is 15.0 Å². The molecular weight excluding hydrogens is 456 g/mol. The molecule has 0 saturated heterocycles. The summed E-state index contributed by atoms with van der Waals surface area (Å²) in [6.45, 7) is 0.594. The van der Waals surface area contributed by atoms with Crippen molar-refractivity contribution in [1.82, 2.24) is 4.72 Å². The van der Waals surface area contributed by atoms with Gasteiger partial charge in [0.25, 0.3) is 15.7 Å². The molecule has 0 radical (unpaired) electrons. The number of amides is 1. The zero-order valence-electron chi connectivity index (χ0n) is 17.0. The van der Waals surface area contributed by atoms with Gasteiger partial charge in [-0.05, 0) is 48.7 Å². The summed E-state index contributed by atoms with van der Waals surface area (Å²) in [5.74, 6) is -0.0878. The fraction of sp³-hybridized carbons (Fsp3) is 0.238. The van der Waals surface area contributed by atoms with Crippen molar-refractivity contribution >= 4 is 50.8 Å². The van der Waals surface area contributed by atoms with Gasteiger partial charge in [0.1, 0.15) is 10.9 Å². The van der Waals surface area contributed by atoms with Crippen LogP contribution in [0.15, 0.2) is 58.4 Å².